The molecule has 6 nitrogen and oxygen atoms in total. The van der Waals surface area contributed by atoms with Crippen molar-refractivity contribution in [1.29, 1.82) is 0 Å². The van der Waals surface area contributed by atoms with Crippen molar-refractivity contribution in [3.63, 3.8) is 0 Å². The molecule has 2 aromatic carbocycles. The molecule has 0 unspecified atom stereocenters. The fourth-order valence-electron chi connectivity index (χ4n) is 4.48. The molecular weight excluding hydrogens is 429 g/mol. The lowest BCUT2D eigenvalue weighted by Gasteiger charge is -2.41. The van der Waals surface area contributed by atoms with Crippen LogP contribution in [0.5, 0.6) is 0 Å². The second kappa shape index (κ2) is 9.09. The van der Waals surface area contributed by atoms with Crippen LogP contribution in [0.4, 0.5) is 10.1 Å². The topological polar surface area (TPSA) is 54.3 Å². The zero-order valence-electron chi connectivity index (χ0n) is 19.2. The molecule has 0 aliphatic carbocycles. The first-order chi connectivity index (χ1) is 16.5. The molecule has 1 saturated heterocycles. The molecule has 0 radical (unpaired) electrons. The number of carbonyl (C=O) groups excluding carboxylic acids is 1. The van der Waals surface area contributed by atoms with Crippen LogP contribution in [0.15, 0.2) is 79.1 Å². The molecular formula is C27H26FN5O. The van der Waals surface area contributed by atoms with E-state index in [1.807, 2.05) is 17.0 Å². The van der Waals surface area contributed by atoms with Crippen LogP contribution in [0, 0.1) is 12.7 Å². The van der Waals surface area contributed by atoms with Gasteiger partial charge in [-0.05, 0) is 74.0 Å². The van der Waals surface area contributed by atoms with Gasteiger partial charge in [-0.25, -0.2) is 9.07 Å². The Labute approximate surface area is 198 Å². The van der Waals surface area contributed by atoms with Crippen LogP contribution in [-0.4, -0.2) is 51.2 Å². The molecule has 0 bridgehead atoms. The second-order valence-electron chi connectivity index (χ2n) is 8.68. The number of halogens is 1. The largest absolute Gasteiger partial charge is 0.365 e. The fraction of sp³-hybridized carbons (Fsp3) is 0.222. The van der Waals surface area contributed by atoms with E-state index in [0.29, 0.717) is 24.5 Å². The van der Waals surface area contributed by atoms with Crippen molar-refractivity contribution < 1.29 is 9.18 Å². The summed E-state index contributed by atoms with van der Waals surface area (Å²) < 4.78 is 15.2. The first-order valence-corrected chi connectivity index (χ1v) is 11.4. The molecule has 172 valence electrons. The van der Waals surface area contributed by atoms with Crippen LogP contribution in [0.2, 0.25) is 0 Å². The van der Waals surface area contributed by atoms with Gasteiger partial charge in [-0.2, -0.15) is 5.10 Å². The third kappa shape index (κ3) is 4.29. The molecule has 0 N–H and O–H groups in total. The monoisotopic (exact) mass is 455 g/mol. The van der Waals surface area contributed by atoms with Gasteiger partial charge in [0, 0.05) is 49.3 Å². The number of pyridine rings is 1. The second-order valence-corrected chi connectivity index (χ2v) is 8.68. The Morgan fingerprint density at radius 2 is 1.82 bits per heavy atom. The number of nitrogens with zero attached hydrogens (tertiary/aromatic N) is 5. The summed E-state index contributed by atoms with van der Waals surface area (Å²) in [5, 5.41) is 4.64. The Kier molecular flexibility index (Phi) is 5.84. The van der Waals surface area contributed by atoms with Crippen molar-refractivity contribution in [1.82, 2.24) is 19.7 Å². The highest BCUT2D eigenvalue weighted by Crippen LogP contribution is 2.26. The minimum absolute atomic E-state index is 0.109. The van der Waals surface area contributed by atoms with E-state index in [0.717, 1.165) is 17.8 Å². The van der Waals surface area contributed by atoms with Crippen molar-refractivity contribution in [3.05, 3.63) is 96.2 Å². The molecule has 1 amide bonds. The number of piperazine rings is 1. The maximum absolute atomic E-state index is 13.5. The van der Waals surface area contributed by atoms with E-state index >= 15 is 0 Å². The summed E-state index contributed by atoms with van der Waals surface area (Å²) in [4.78, 5) is 21.9. The Morgan fingerprint density at radius 3 is 2.53 bits per heavy atom. The normalized spacial score (nSPS) is 16.0. The van der Waals surface area contributed by atoms with Gasteiger partial charge in [-0.15, -0.1) is 0 Å². The highest BCUT2D eigenvalue weighted by molar-refractivity contribution is 5.94. The van der Waals surface area contributed by atoms with Crippen molar-refractivity contribution in [2.75, 3.05) is 24.5 Å². The van der Waals surface area contributed by atoms with Gasteiger partial charge in [0.15, 0.2) is 5.69 Å². The number of benzene rings is 2. The minimum Gasteiger partial charge on any atom is -0.365 e. The quantitative estimate of drug-likeness (QED) is 0.446. The average Bonchev–Trinajstić information content (AvgIpc) is 3.30. The standard InChI is InChI=1S/C27H26FN5O/c1-19-5-3-7-24(15-19)32-14-13-31(18-20(32)2)27(34)25-16-26(21-6-4-12-29-17-21)33(30-25)23-10-8-22(28)9-11-23/h3-12,15-17,20H,13-14,18H2,1-2H3/t20-/m0/s1. The molecule has 1 fully saturated rings. The van der Waals surface area contributed by atoms with Gasteiger partial charge < -0.3 is 9.80 Å². The van der Waals surface area contributed by atoms with Crippen molar-refractivity contribution in [2.45, 2.75) is 19.9 Å². The third-order valence-corrected chi connectivity index (χ3v) is 6.20. The van der Waals surface area contributed by atoms with Crippen molar-refractivity contribution in [2.24, 2.45) is 0 Å². The van der Waals surface area contributed by atoms with Crippen molar-refractivity contribution in [3.8, 4) is 16.9 Å². The van der Waals surface area contributed by atoms with Crippen LogP contribution in [0.3, 0.4) is 0 Å². The molecule has 0 saturated carbocycles. The molecule has 1 aliphatic rings. The Bertz CT molecular complexity index is 1300. The van der Waals surface area contributed by atoms with Crippen LogP contribution in [0.25, 0.3) is 16.9 Å². The van der Waals surface area contributed by atoms with Gasteiger partial charge in [0.25, 0.3) is 5.91 Å². The van der Waals surface area contributed by atoms with Gasteiger partial charge in [-0.3, -0.25) is 9.78 Å². The summed E-state index contributed by atoms with van der Waals surface area (Å²) in [6.45, 7) is 6.21. The van der Waals surface area contributed by atoms with Crippen LogP contribution in [-0.2, 0) is 0 Å². The Morgan fingerprint density at radius 1 is 1.00 bits per heavy atom. The van der Waals surface area contributed by atoms with E-state index in [4.69, 9.17) is 0 Å². The van der Waals surface area contributed by atoms with E-state index in [9.17, 15) is 9.18 Å². The lowest BCUT2D eigenvalue weighted by atomic mass is 10.1. The zero-order chi connectivity index (χ0) is 23.7. The maximum atomic E-state index is 13.5. The minimum atomic E-state index is -0.324. The van der Waals surface area contributed by atoms with Crippen LogP contribution < -0.4 is 4.90 Å². The van der Waals surface area contributed by atoms with Crippen LogP contribution >= 0.6 is 0 Å². The number of aryl methyl sites for hydroxylation is 1. The smallest absolute Gasteiger partial charge is 0.274 e. The third-order valence-electron chi connectivity index (χ3n) is 6.20. The number of hydrogen-bond donors (Lipinski definition) is 0. The van der Waals surface area contributed by atoms with E-state index in [-0.39, 0.29) is 17.8 Å². The van der Waals surface area contributed by atoms with E-state index in [1.54, 1.807) is 35.3 Å². The highest BCUT2D eigenvalue weighted by Gasteiger charge is 2.29. The Hall–Kier alpha value is -4.00. The van der Waals surface area contributed by atoms with Gasteiger partial charge in [0.05, 0.1) is 11.4 Å². The molecule has 5 rings (SSSR count). The number of anilines is 1. The lowest BCUT2D eigenvalue weighted by molar-refractivity contribution is 0.0720. The first-order valence-electron chi connectivity index (χ1n) is 11.4. The van der Waals surface area contributed by atoms with Gasteiger partial charge in [0.1, 0.15) is 5.82 Å². The number of carbonyl (C=O) groups is 1. The van der Waals surface area contributed by atoms with E-state index in [1.165, 1.54) is 23.4 Å². The number of amides is 1. The molecule has 3 heterocycles. The van der Waals surface area contributed by atoms with Gasteiger partial charge >= 0.3 is 0 Å². The van der Waals surface area contributed by atoms with Gasteiger partial charge in [-0.1, -0.05) is 12.1 Å². The average molecular weight is 456 g/mol. The predicted octanol–water partition coefficient (Wildman–Crippen LogP) is 4.73. The summed E-state index contributed by atoms with van der Waals surface area (Å²) >= 11 is 0. The molecule has 4 aromatic rings. The number of aromatic nitrogens is 3. The summed E-state index contributed by atoms with van der Waals surface area (Å²) in [5.74, 6) is -0.433. The summed E-state index contributed by atoms with van der Waals surface area (Å²) in [7, 11) is 0. The SMILES string of the molecule is Cc1cccc(N2CCN(C(=O)c3cc(-c4cccnc4)n(-c4ccc(F)cc4)n3)C[C@@H]2C)c1. The van der Waals surface area contributed by atoms with E-state index in [2.05, 4.69) is 53.1 Å². The van der Waals surface area contributed by atoms with Gasteiger partial charge in [0.2, 0.25) is 0 Å². The highest BCUT2D eigenvalue weighted by atomic mass is 19.1. The maximum Gasteiger partial charge on any atom is 0.274 e. The zero-order valence-corrected chi connectivity index (χ0v) is 19.2. The summed E-state index contributed by atoms with van der Waals surface area (Å²) in [5.41, 5.74) is 5.00. The Balaban J connectivity index is 1.42. The van der Waals surface area contributed by atoms with Crippen molar-refractivity contribution >= 4 is 11.6 Å². The molecule has 34 heavy (non-hydrogen) atoms. The molecule has 1 aliphatic heterocycles. The first kappa shape index (κ1) is 21.8. The lowest BCUT2D eigenvalue weighted by Crippen LogP contribution is -2.53. The molecule has 1 atom stereocenters. The number of hydrogen-bond acceptors (Lipinski definition) is 4. The number of rotatable bonds is 4. The predicted molar refractivity (Wildman–Crippen MR) is 131 cm³/mol. The fourth-order valence-corrected chi connectivity index (χ4v) is 4.48. The summed E-state index contributed by atoms with van der Waals surface area (Å²) in [6.07, 6.45) is 3.43. The summed E-state index contributed by atoms with van der Waals surface area (Å²) in [6, 6.07) is 20.3. The molecule has 0 spiro atoms. The molecule has 7 heteroatoms. The van der Waals surface area contributed by atoms with E-state index < -0.39 is 0 Å². The molecule has 2 aromatic heterocycles. The van der Waals surface area contributed by atoms with Crippen LogP contribution in [0.1, 0.15) is 23.0 Å².